The van der Waals surface area contributed by atoms with Crippen LogP contribution in [0.4, 0.5) is 19.0 Å². The van der Waals surface area contributed by atoms with Crippen molar-refractivity contribution in [2.24, 2.45) is 5.73 Å². The first kappa shape index (κ1) is 19.1. The Balaban J connectivity index is 1.68. The molecule has 9 nitrogen and oxygen atoms in total. The monoisotopic (exact) mass is 415 g/mol. The third-order valence-electron chi connectivity index (χ3n) is 4.06. The number of nitrogens with two attached hydrogens (primary N) is 1. The number of amides is 1. The average molecular weight is 415 g/mol. The van der Waals surface area contributed by atoms with Gasteiger partial charge in [-0.3, -0.25) is 4.79 Å². The molecular formula is C18H12F3N7O2. The van der Waals surface area contributed by atoms with E-state index >= 15 is 0 Å². The summed E-state index contributed by atoms with van der Waals surface area (Å²) < 4.78 is 39.3. The van der Waals surface area contributed by atoms with Crippen LogP contribution in [0.25, 0.3) is 22.4 Å². The van der Waals surface area contributed by atoms with E-state index in [9.17, 15) is 18.0 Å². The molecule has 12 heteroatoms. The Morgan fingerprint density at radius 1 is 1.13 bits per heavy atom. The van der Waals surface area contributed by atoms with Gasteiger partial charge in [0.05, 0.1) is 11.9 Å². The molecule has 0 fully saturated rings. The molecule has 0 atom stereocenters. The third kappa shape index (κ3) is 3.70. The first-order valence-corrected chi connectivity index (χ1v) is 8.37. The second-order valence-corrected chi connectivity index (χ2v) is 6.03. The Morgan fingerprint density at radius 2 is 1.97 bits per heavy atom. The summed E-state index contributed by atoms with van der Waals surface area (Å²) >= 11 is 0. The normalized spacial score (nSPS) is 11.4. The number of rotatable bonds is 5. The van der Waals surface area contributed by atoms with Crippen LogP contribution in [-0.4, -0.2) is 30.8 Å². The summed E-state index contributed by atoms with van der Waals surface area (Å²) in [4.78, 5) is 36.1. The lowest BCUT2D eigenvalue weighted by atomic mass is 10.1. The van der Waals surface area contributed by atoms with E-state index in [-0.39, 0.29) is 17.1 Å². The van der Waals surface area contributed by atoms with Gasteiger partial charge < -0.3 is 15.6 Å². The predicted molar refractivity (Wildman–Crippen MR) is 99.1 cm³/mol. The van der Waals surface area contributed by atoms with Crippen molar-refractivity contribution in [3.63, 3.8) is 0 Å². The van der Waals surface area contributed by atoms with Gasteiger partial charge in [0.1, 0.15) is 17.5 Å². The van der Waals surface area contributed by atoms with E-state index in [2.05, 4.69) is 30.4 Å². The number of aromatic nitrogens is 5. The van der Waals surface area contributed by atoms with Gasteiger partial charge in [0.15, 0.2) is 17.2 Å². The number of pyridine rings is 1. The molecule has 1 amide bonds. The number of imidazole rings is 1. The lowest BCUT2D eigenvalue weighted by Crippen LogP contribution is -2.15. The average Bonchev–Trinajstić information content (AvgIpc) is 3.20. The number of primary amides is 1. The number of carbonyl (C=O) groups excluding carboxylic acids is 1. The molecule has 0 bridgehead atoms. The Hall–Kier alpha value is -4.22. The van der Waals surface area contributed by atoms with Crippen molar-refractivity contribution in [2.75, 3.05) is 5.48 Å². The number of nitrogens with one attached hydrogen (secondary N) is 2. The van der Waals surface area contributed by atoms with Gasteiger partial charge in [-0.2, -0.15) is 13.2 Å². The Kier molecular flexibility index (Phi) is 4.66. The van der Waals surface area contributed by atoms with Crippen LogP contribution in [0.1, 0.15) is 15.9 Å². The van der Waals surface area contributed by atoms with Gasteiger partial charge in [0.25, 0.3) is 0 Å². The summed E-state index contributed by atoms with van der Waals surface area (Å²) in [6.45, 7) is 0. The number of hydrogen-bond donors (Lipinski definition) is 3. The Labute approximate surface area is 166 Å². The molecule has 0 aliphatic carbocycles. The van der Waals surface area contributed by atoms with Gasteiger partial charge in [-0.05, 0) is 30.3 Å². The van der Waals surface area contributed by atoms with E-state index in [0.717, 1.165) is 12.1 Å². The Bertz CT molecular complexity index is 1240. The van der Waals surface area contributed by atoms with Crippen molar-refractivity contribution in [1.29, 1.82) is 0 Å². The number of H-pyrrole nitrogens is 1. The number of alkyl halides is 3. The SMILES string of the molecule is NC(=O)c1cc(ONc2ncccc2-c2ncnc3[nH]cnc23)cc(C(F)(F)F)c1. The zero-order chi connectivity index (χ0) is 21.3. The molecule has 0 radical (unpaired) electrons. The van der Waals surface area contributed by atoms with Gasteiger partial charge in [-0.25, -0.2) is 25.4 Å². The molecule has 152 valence electrons. The molecule has 0 aliphatic rings. The maximum atomic E-state index is 13.1. The van der Waals surface area contributed by atoms with Crippen molar-refractivity contribution < 1.29 is 22.8 Å². The van der Waals surface area contributed by atoms with Crippen LogP contribution in [0.5, 0.6) is 5.75 Å². The lowest BCUT2D eigenvalue weighted by Gasteiger charge is -2.14. The second kappa shape index (κ2) is 7.31. The van der Waals surface area contributed by atoms with Crippen LogP contribution >= 0.6 is 0 Å². The number of benzene rings is 1. The topological polar surface area (TPSA) is 132 Å². The number of carbonyl (C=O) groups is 1. The van der Waals surface area contributed by atoms with E-state index in [1.54, 1.807) is 12.1 Å². The maximum absolute atomic E-state index is 13.1. The summed E-state index contributed by atoms with van der Waals surface area (Å²) in [6, 6.07) is 5.80. The van der Waals surface area contributed by atoms with Gasteiger partial charge in [0, 0.05) is 17.3 Å². The standard InChI is InChI=1S/C18H12F3N7O2/c19-18(20,21)10-4-9(15(22)29)5-11(6-10)30-28-16-12(2-1-3-23-16)13-14-17(26-7-24-13)27-8-25-14/h1-8H,(H2,22,29)(H,23,28)(H,24,25,26,27). The molecule has 4 rings (SSSR count). The first-order valence-electron chi connectivity index (χ1n) is 8.37. The fourth-order valence-corrected chi connectivity index (χ4v) is 2.71. The predicted octanol–water partition coefficient (Wildman–Crippen LogP) is 2.94. The van der Waals surface area contributed by atoms with Crippen LogP contribution in [0.15, 0.2) is 49.2 Å². The van der Waals surface area contributed by atoms with E-state index in [0.29, 0.717) is 28.5 Å². The van der Waals surface area contributed by atoms with Crippen molar-refractivity contribution >= 4 is 22.9 Å². The van der Waals surface area contributed by atoms with Crippen LogP contribution in [0.2, 0.25) is 0 Å². The summed E-state index contributed by atoms with van der Waals surface area (Å²) in [6.07, 6.45) is -0.443. The van der Waals surface area contributed by atoms with Crippen LogP contribution in [0.3, 0.4) is 0 Å². The largest absolute Gasteiger partial charge is 0.416 e. The molecule has 1 aromatic carbocycles. The molecule has 0 aliphatic heterocycles. The molecule has 4 N–H and O–H groups in total. The second-order valence-electron chi connectivity index (χ2n) is 6.03. The fourth-order valence-electron chi connectivity index (χ4n) is 2.71. The van der Waals surface area contributed by atoms with Crippen LogP contribution in [0, 0.1) is 0 Å². The van der Waals surface area contributed by atoms with E-state index in [4.69, 9.17) is 10.6 Å². The van der Waals surface area contributed by atoms with Crippen LogP contribution in [-0.2, 0) is 6.18 Å². The summed E-state index contributed by atoms with van der Waals surface area (Å²) in [5, 5.41) is 0. The van der Waals surface area contributed by atoms with Gasteiger partial charge >= 0.3 is 6.18 Å². The highest BCUT2D eigenvalue weighted by Crippen LogP contribution is 2.33. The number of nitrogens with zero attached hydrogens (tertiary/aromatic N) is 4. The van der Waals surface area contributed by atoms with E-state index in [1.807, 2.05) is 0 Å². The molecule has 0 saturated heterocycles. The number of aromatic amines is 1. The number of halogens is 3. The highest BCUT2D eigenvalue weighted by molar-refractivity contribution is 5.93. The van der Waals surface area contributed by atoms with Gasteiger partial charge in [-0.1, -0.05) is 0 Å². The summed E-state index contributed by atoms with van der Waals surface area (Å²) in [5.41, 5.74) is 8.08. The first-order chi connectivity index (χ1) is 14.3. The molecule has 3 aromatic heterocycles. The zero-order valence-corrected chi connectivity index (χ0v) is 14.9. The molecular weight excluding hydrogens is 403 g/mol. The smallest absolute Gasteiger partial charge is 0.381 e. The number of anilines is 1. The number of hydrogen-bond acceptors (Lipinski definition) is 7. The Morgan fingerprint density at radius 3 is 2.73 bits per heavy atom. The van der Waals surface area contributed by atoms with Crippen molar-refractivity contribution in [2.45, 2.75) is 6.18 Å². The molecule has 0 saturated carbocycles. The highest BCUT2D eigenvalue weighted by Gasteiger charge is 2.32. The maximum Gasteiger partial charge on any atom is 0.416 e. The molecule has 4 aromatic rings. The van der Waals surface area contributed by atoms with Gasteiger partial charge in [0.2, 0.25) is 5.91 Å². The molecule has 0 unspecified atom stereocenters. The summed E-state index contributed by atoms with van der Waals surface area (Å²) in [5.74, 6) is -1.13. The third-order valence-corrected chi connectivity index (χ3v) is 4.06. The summed E-state index contributed by atoms with van der Waals surface area (Å²) in [7, 11) is 0. The molecule has 3 heterocycles. The van der Waals surface area contributed by atoms with Crippen molar-refractivity contribution in [1.82, 2.24) is 24.9 Å². The fraction of sp³-hybridized carbons (Fsp3) is 0.0556. The lowest BCUT2D eigenvalue weighted by molar-refractivity contribution is -0.137. The van der Waals surface area contributed by atoms with E-state index in [1.165, 1.54) is 18.9 Å². The minimum absolute atomic E-state index is 0.165. The number of fused-ring (bicyclic) bond motifs is 1. The minimum atomic E-state index is -4.69. The van der Waals surface area contributed by atoms with Crippen LogP contribution < -0.4 is 16.1 Å². The molecule has 0 spiro atoms. The van der Waals surface area contributed by atoms with Crippen molar-refractivity contribution in [3.05, 3.63) is 60.3 Å². The molecule has 30 heavy (non-hydrogen) atoms. The van der Waals surface area contributed by atoms with Gasteiger partial charge in [-0.15, -0.1) is 0 Å². The van der Waals surface area contributed by atoms with Crippen molar-refractivity contribution in [3.8, 4) is 17.0 Å². The quantitative estimate of drug-likeness (QED) is 0.427. The van der Waals surface area contributed by atoms with E-state index < -0.39 is 17.6 Å². The minimum Gasteiger partial charge on any atom is -0.381 e. The highest BCUT2D eigenvalue weighted by atomic mass is 19.4. The zero-order valence-electron chi connectivity index (χ0n) is 14.9.